The summed E-state index contributed by atoms with van der Waals surface area (Å²) in [5.41, 5.74) is 0.927. The maximum Gasteiger partial charge on any atom is 0.488 e. The van der Waals surface area contributed by atoms with E-state index in [9.17, 15) is 10.0 Å². The molecule has 0 bridgehead atoms. The van der Waals surface area contributed by atoms with Crippen LogP contribution in [0.4, 0.5) is 0 Å². The van der Waals surface area contributed by atoms with Crippen LogP contribution in [0.15, 0.2) is 0 Å². The molecule has 3 aromatic rings. The van der Waals surface area contributed by atoms with Crippen LogP contribution in [0.2, 0.25) is 0 Å². The summed E-state index contributed by atoms with van der Waals surface area (Å²) in [7, 11) is 39.8. The van der Waals surface area contributed by atoms with Crippen LogP contribution in [0.5, 0.6) is 0 Å². The van der Waals surface area contributed by atoms with Gasteiger partial charge in [0.2, 0.25) is 0 Å². The third-order valence-corrected chi connectivity index (χ3v) is 5.19. The number of fused-ring (bicyclic) bond motifs is 3. The molecule has 0 aliphatic heterocycles. The molecule has 2 N–H and O–H groups in total. The normalized spacial score (nSPS) is 11.4. The van der Waals surface area contributed by atoms with Gasteiger partial charge in [0.25, 0.3) is 0 Å². The van der Waals surface area contributed by atoms with Crippen molar-refractivity contribution >= 4 is 137 Å². The third kappa shape index (κ3) is 2.20. The van der Waals surface area contributed by atoms with Gasteiger partial charge in [0.1, 0.15) is 54.9 Å². The Bertz CT molecular complexity index is 981. The van der Waals surface area contributed by atoms with Gasteiger partial charge in [0, 0.05) is 9.40 Å². The van der Waals surface area contributed by atoms with Gasteiger partial charge in [0.05, 0.1) is 0 Å². The molecule has 0 spiro atoms. The molecule has 92 valence electrons. The van der Waals surface area contributed by atoms with Crippen LogP contribution in [0.3, 0.4) is 0 Å². The van der Waals surface area contributed by atoms with E-state index in [1.807, 2.05) is 0 Å². The Hall–Kier alpha value is -0.901. The molecule has 0 unspecified atom stereocenters. The number of rotatable bonds is 1. The number of hydrogen-bond donors (Lipinski definition) is 2. The van der Waals surface area contributed by atoms with Crippen molar-refractivity contribution in [1.82, 2.24) is 0 Å². The monoisotopic (exact) mass is 298 g/mol. The van der Waals surface area contributed by atoms with Crippen molar-refractivity contribution in [3.05, 3.63) is 0 Å². The molecule has 0 atom stereocenters. The highest BCUT2D eigenvalue weighted by Gasteiger charge is 2.25. The number of hydrogen-bond acceptors (Lipinski definition) is 3. The molecule has 23 heavy (non-hydrogen) atoms. The fraction of sp³-hybridized carbons (Fsp3) is 0. The highest BCUT2D eigenvalue weighted by atomic mass is 32.1. The van der Waals surface area contributed by atoms with Gasteiger partial charge in [-0.1, -0.05) is 16.4 Å². The van der Waals surface area contributed by atoms with Crippen LogP contribution in [0.25, 0.3) is 20.2 Å². The summed E-state index contributed by atoms with van der Waals surface area (Å²) in [5, 5.41) is 20.3. The van der Waals surface area contributed by atoms with E-state index in [0.29, 0.717) is 20.2 Å². The Labute approximate surface area is 147 Å². The van der Waals surface area contributed by atoms with Gasteiger partial charge >= 0.3 is 7.12 Å². The molecule has 14 radical (unpaired) electrons. The Morgan fingerprint density at radius 2 is 1.00 bits per heavy atom. The Kier molecular flexibility index (Phi) is 4.11. The van der Waals surface area contributed by atoms with Crippen LogP contribution >= 0.6 is 11.3 Å². The average molecular weight is 297 g/mol. The first-order valence-corrected chi connectivity index (χ1v) is 7.30. The molecule has 2 nitrogen and oxygen atoms in total. The molecule has 0 saturated heterocycles. The van der Waals surface area contributed by atoms with E-state index in [1.54, 1.807) is 0 Å². The lowest BCUT2D eigenvalue weighted by Gasteiger charge is -2.17. The molecule has 1 heterocycles. The van der Waals surface area contributed by atoms with Gasteiger partial charge in [-0.15, -0.1) is 33.2 Å². The maximum absolute atomic E-state index is 9.74. The van der Waals surface area contributed by atoms with Crippen molar-refractivity contribution in [2.45, 2.75) is 0 Å². The second-order valence-electron chi connectivity index (χ2n) is 5.19. The molecule has 2 aromatic carbocycles. The molecule has 1 aromatic heterocycles. The topological polar surface area (TPSA) is 40.5 Å². The van der Waals surface area contributed by atoms with E-state index in [0.717, 1.165) is 0 Å². The SMILES string of the molecule is [B]c1c([B])c([B])c2c(sc3c([B])c([B])c([B])c(B(O)O)c32)c1[B]. The molecule has 0 fully saturated rings. The standard InChI is InChI=1S/C12H2B8O2S/c13-3-1-2-10(20(21)22)7(17)6(16)9(19)12(2)23-11(1)8(18)5(15)4(3)14/h21-22H. The lowest BCUT2D eigenvalue weighted by atomic mass is 9.60. The zero-order valence-electron chi connectivity index (χ0n) is 11.9. The highest BCUT2D eigenvalue weighted by Crippen LogP contribution is 2.27. The molecule has 0 saturated carbocycles. The van der Waals surface area contributed by atoms with E-state index in [1.165, 1.54) is 11.3 Å². The maximum atomic E-state index is 9.74. The van der Waals surface area contributed by atoms with Crippen molar-refractivity contribution in [3.63, 3.8) is 0 Å². The quantitative estimate of drug-likeness (QED) is 0.439. The minimum absolute atomic E-state index is 0.00761. The van der Waals surface area contributed by atoms with E-state index in [-0.39, 0.29) is 43.7 Å². The lowest BCUT2D eigenvalue weighted by Crippen LogP contribution is -2.53. The predicted octanol–water partition coefficient (Wildman–Crippen LogP) is -6.71. The van der Waals surface area contributed by atoms with Gasteiger partial charge in [-0.3, -0.25) is 0 Å². The fourth-order valence-electron chi connectivity index (χ4n) is 2.69. The molecular weight excluding hydrogens is 295 g/mol. The largest absolute Gasteiger partial charge is 0.488 e. The van der Waals surface area contributed by atoms with Gasteiger partial charge < -0.3 is 10.0 Å². The van der Waals surface area contributed by atoms with Crippen molar-refractivity contribution in [1.29, 1.82) is 0 Å². The zero-order valence-corrected chi connectivity index (χ0v) is 12.7. The van der Waals surface area contributed by atoms with Crippen molar-refractivity contribution in [2.75, 3.05) is 0 Å². The summed E-state index contributed by atoms with van der Waals surface area (Å²) in [6.45, 7) is 0. The Morgan fingerprint density at radius 3 is 1.52 bits per heavy atom. The van der Waals surface area contributed by atoms with E-state index >= 15 is 0 Å². The van der Waals surface area contributed by atoms with Crippen LogP contribution in [-0.4, -0.2) is 72.1 Å². The van der Waals surface area contributed by atoms with E-state index in [4.69, 9.17) is 54.9 Å². The van der Waals surface area contributed by atoms with Crippen LogP contribution in [-0.2, 0) is 0 Å². The zero-order chi connectivity index (χ0) is 17.2. The smallest absolute Gasteiger partial charge is 0.423 e. The van der Waals surface area contributed by atoms with Crippen LogP contribution in [0.1, 0.15) is 0 Å². The minimum Gasteiger partial charge on any atom is -0.423 e. The first-order valence-electron chi connectivity index (χ1n) is 6.48. The van der Waals surface area contributed by atoms with Crippen molar-refractivity contribution in [2.24, 2.45) is 0 Å². The third-order valence-electron chi connectivity index (χ3n) is 3.94. The summed E-state index contributed by atoms with van der Waals surface area (Å²) in [5.74, 6) is 0. The minimum atomic E-state index is -1.88. The lowest BCUT2D eigenvalue weighted by molar-refractivity contribution is 0.426. The summed E-state index contributed by atoms with van der Waals surface area (Å²) in [4.78, 5) is 0. The van der Waals surface area contributed by atoms with Gasteiger partial charge in [-0.2, -0.15) is 0 Å². The highest BCUT2D eigenvalue weighted by molar-refractivity contribution is 7.28. The number of thiophene rings is 1. The fourth-order valence-corrected chi connectivity index (χ4v) is 3.96. The van der Waals surface area contributed by atoms with Crippen molar-refractivity contribution in [3.8, 4) is 0 Å². The van der Waals surface area contributed by atoms with Crippen LogP contribution < -0.4 is 43.7 Å². The predicted molar refractivity (Wildman–Crippen MR) is 107 cm³/mol. The first-order chi connectivity index (χ1) is 10.7. The Morgan fingerprint density at radius 1 is 0.565 bits per heavy atom. The van der Waals surface area contributed by atoms with Gasteiger partial charge in [0.15, 0.2) is 0 Å². The Balaban J connectivity index is 2.74. The van der Waals surface area contributed by atoms with E-state index < -0.39 is 7.12 Å². The molecule has 11 heteroatoms. The van der Waals surface area contributed by atoms with Crippen LogP contribution in [0, 0.1) is 0 Å². The van der Waals surface area contributed by atoms with Crippen molar-refractivity contribution < 1.29 is 10.0 Å². The molecule has 3 rings (SSSR count). The molecule has 0 aliphatic carbocycles. The second-order valence-corrected chi connectivity index (χ2v) is 6.21. The summed E-state index contributed by atoms with van der Waals surface area (Å²) in [6.07, 6.45) is 0. The second kappa shape index (κ2) is 5.58. The summed E-state index contributed by atoms with van der Waals surface area (Å²) < 4.78 is 1.01. The molecule has 0 aliphatic rings. The average Bonchev–Trinajstić information content (AvgIpc) is 2.88. The van der Waals surface area contributed by atoms with Gasteiger partial charge in [-0.05, 0) is 16.2 Å². The van der Waals surface area contributed by atoms with Gasteiger partial charge in [-0.25, -0.2) is 0 Å². The summed E-state index contributed by atoms with van der Waals surface area (Å²) in [6, 6.07) is 0. The first kappa shape index (κ1) is 16.9. The summed E-state index contributed by atoms with van der Waals surface area (Å²) >= 11 is 1.18. The van der Waals surface area contributed by atoms with E-state index in [2.05, 4.69) is 0 Å². The molecular formula is C12H2B8O2S. The molecule has 0 amide bonds. The number of benzene rings is 2.